The maximum absolute atomic E-state index is 12.8. The Morgan fingerprint density at radius 2 is 2.00 bits per heavy atom. The second kappa shape index (κ2) is 6.25. The van der Waals surface area contributed by atoms with Gasteiger partial charge < -0.3 is 4.74 Å². The van der Waals surface area contributed by atoms with Gasteiger partial charge in [-0.3, -0.25) is 0 Å². The van der Waals surface area contributed by atoms with Crippen molar-refractivity contribution < 1.29 is 13.2 Å². The molecule has 0 saturated carbocycles. The van der Waals surface area contributed by atoms with E-state index in [-0.39, 0.29) is 10.8 Å². The lowest BCUT2D eigenvalue weighted by Gasteiger charge is -2.31. The minimum Gasteiger partial charge on any atom is -0.497 e. The molecule has 1 aliphatic rings. The Labute approximate surface area is 135 Å². The summed E-state index contributed by atoms with van der Waals surface area (Å²) < 4.78 is 33.8. The van der Waals surface area contributed by atoms with Crippen LogP contribution in [0.1, 0.15) is 24.6 Å². The number of piperidine rings is 1. The Bertz CT molecular complexity index is 772. The van der Waals surface area contributed by atoms with E-state index >= 15 is 0 Å². The summed E-state index contributed by atoms with van der Waals surface area (Å²) in [6.45, 7) is 0.902. The second-order valence-corrected chi connectivity index (χ2v) is 7.48. The molecule has 0 bridgehead atoms. The van der Waals surface area contributed by atoms with Gasteiger partial charge in [0, 0.05) is 26.1 Å². The third-order valence-electron chi connectivity index (χ3n) is 4.10. The largest absolute Gasteiger partial charge is 0.497 e. The van der Waals surface area contributed by atoms with E-state index in [4.69, 9.17) is 4.74 Å². The standard InChI is InChI=1S/C14H19N5O3S/c1-18-14(15-16-17-18)11-4-3-9-19(10-11)23(20,21)13-7-5-12(22-2)6-8-13/h5-8,11H,3-4,9-10H2,1-2H3. The van der Waals surface area contributed by atoms with E-state index in [2.05, 4.69) is 15.5 Å². The van der Waals surface area contributed by atoms with Gasteiger partial charge in [0.05, 0.1) is 12.0 Å². The minimum atomic E-state index is -3.52. The van der Waals surface area contributed by atoms with Crippen LogP contribution in [0.15, 0.2) is 29.2 Å². The summed E-state index contributed by atoms with van der Waals surface area (Å²) in [6, 6.07) is 6.45. The first-order valence-corrected chi connectivity index (χ1v) is 8.83. The van der Waals surface area contributed by atoms with E-state index in [1.807, 2.05) is 0 Å². The van der Waals surface area contributed by atoms with Crippen molar-refractivity contribution >= 4 is 10.0 Å². The Morgan fingerprint density at radius 1 is 1.26 bits per heavy atom. The lowest BCUT2D eigenvalue weighted by atomic mass is 9.99. The smallest absolute Gasteiger partial charge is 0.243 e. The molecule has 8 nitrogen and oxygen atoms in total. The summed E-state index contributed by atoms with van der Waals surface area (Å²) in [7, 11) is -0.205. The first-order valence-electron chi connectivity index (χ1n) is 7.39. The minimum absolute atomic E-state index is 0.0109. The molecule has 0 radical (unpaired) electrons. The van der Waals surface area contributed by atoms with Crippen LogP contribution in [0.2, 0.25) is 0 Å². The lowest BCUT2D eigenvalue weighted by molar-refractivity contribution is 0.305. The van der Waals surface area contributed by atoms with Crippen molar-refractivity contribution in [3.63, 3.8) is 0 Å². The number of hydrogen-bond donors (Lipinski definition) is 0. The fourth-order valence-electron chi connectivity index (χ4n) is 2.85. The van der Waals surface area contributed by atoms with E-state index in [0.717, 1.165) is 18.7 Å². The molecule has 1 aromatic carbocycles. The van der Waals surface area contributed by atoms with Crippen molar-refractivity contribution in [2.45, 2.75) is 23.7 Å². The number of sulfonamides is 1. The first-order chi connectivity index (χ1) is 11.0. The van der Waals surface area contributed by atoms with Crippen LogP contribution in [-0.2, 0) is 17.1 Å². The van der Waals surface area contributed by atoms with Gasteiger partial charge in [0.15, 0.2) is 5.82 Å². The Balaban J connectivity index is 1.83. The van der Waals surface area contributed by atoms with Crippen LogP contribution in [0, 0.1) is 0 Å². The van der Waals surface area contributed by atoms with Crippen molar-refractivity contribution in [1.29, 1.82) is 0 Å². The molecule has 2 aromatic rings. The third-order valence-corrected chi connectivity index (χ3v) is 5.98. The van der Waals surface area contributed by atoms with Crippen LogP contribution in [0.4, 0.5) is 0 Å². The molecule has 0 amide bonds. The Kier molecular flexibility index (Phi) is 4.31. The van der Waals surface area contributed by atoms with Gasteiger partial charge in [-0.2, -0.15) is 4.31 Å². The molecule has 1 unspecified atom stereocenters. The van der Waals surface area contributed by atoms with Gasteiger partial charge in [-0.05, 0) is 47.5 Å². The number of hydrogen-bond acceptors (Lipinski definition) is 6. The predicted octanol–water partition coefficient (Wildman–Crippen LogP) is 0.787. The fraction of sp³-hybridized carbons (Fsp3) is 0.500. The van der Waals surface area contributed by atoms with Crippen molar-refractivity contribution in [2.24, 2.45) is 7.05 Å². The molecular formula is C14H19N5O3S. The number of nitrogens with zero attached hydrogens (tertiary/aromatic N) is 5. The summed E-state index contributed by atoms with van der Waals surface area (Å²) in [5, 5.41) is 11.5. The second-order valence-electron chi connectivity index (χ2n) is 5.54. The van der Waals surface area contributed by atoms with Crippen LogP contribution in [0.5, 0.6) is 5.75 Å². The normalized spacial score (nSPS) is 19.7. The highest BCUT2D eigenvalue weighted by molar-refractivity contribution is 7.89. The predicted molar refractivity (Wildman–Crippen MR) is 82.5 cm³/mol. The number of aryl methyl sites for hydroxylation is 1. The molecule has 0 aliphatic carbocycles. The summed E-state index contributed by atoms with van der Waals surface area (Å²) >= 11 is 0. The maximum Gasteiger partial charge on any atom is 0.243 e. The van der Waals surface area contributed by atoms with E-state index in [1.165, 1.54) is 4.31 Å². The average Bonchev–Trinajstić information content (AvgIpc) is 3.01. The van der Waals surface area contributed by atoms with Crippen molar-refractivity contribution in [2.75, 3.05) is 20.2 Å². The molecule has 1 atom stereocenters. The van der Waals surface area contributed by atoms with Gasteiger partial charge in [0.1, 0.15) is 5.75 Å². The van der Waals surface area contributed by atoms with Crippen LogP contribution < -0.4 is 4.74 Å². The number of rotatable bonds is 4. The molecule has 0 N–H and O–H groups in total. The monoisotopic (exact) mass is 337 g/mol. The quantitative estimate of drug-likeness (QED) is 0.819. The van der Waals surface area contributed by atoms with Crippen LogP contribution in [-0.4, -0.2) is 53.1 Å². The van der Waals surface area contributed by atoms with Gasteiger partial charge in [0.2, 0.25) is 10.0 Å². The van der Waals surface area contributed by atoms with Crippen LogP contribution in [0.3, 0.4) is 0 Å². The number of benzene rings is 1. The molecule has 2 heterocycles. The van der Waals surface area contributed by atoms with Crippen molar-refractivity contribution in [3.05, 3.63) is 30.1 Å². The highest BCUT2D eigenvalue weighted by atomic mass is 32.2. The molecule has 1 aromatic heterocycles. The van der Waals surface area contributed by atoms with Crippen LogP contribution in [0.25, 0.3) is 0 Å². The van der Waals surface area contributed by atoms with E-state index < -0.39 is 10.0 Å². The van der Waals surface area contributed by atoms with E-state index in [1.54, 1.807) is 43.1 Å². The fourth-order valence-corrected chi connectivity index (χ4v) is 4.37. The number of aromatic nitrogens is 4. The Hall–Kier alpha value is -2.00. The topological polar surface area (TPSA) is 90.2 Å². The molecule has 1 aliphatic heterocycles. The molecule has 1 fully saturated rings. The van der Waals surface area contributed by atoms with E-state index in [9.17, 15) is 8.42 Å². The van der Waals surface area contributed by atoms with Gasteiger partial charge in [0.25, 0.3) is 0 Å². The highest BCUT2D eigenvalue weighted by Crippen LogP contribution is 2.29. The summed E-state index contributed by atoms with van der Waals surface area (Å²) in [5.41, 5.74) is 0. The first kappa shape index (κ1) is 15.9. The summed E-state index contributed by atoms with van der Waals surface area (Å²) in [4.78, 5) is 0.273. The third kappa shape index (κ3) is 3.06. The molecule has 23 heavy (non-hydrogen) atoms. The van der Waals surface area contributed by atoms with Gasteiger partial charge in [-0.15, -0.1) is 5.10 Å². The summed E-state index contributed by atoms with van der Waals surface area (Å²) in [6.07, 6.45) is 1.66. The zero-order valence-corrected chi connectivity index (χ0v) is 13.9. The van der Waals surface area contributed by atoms with Crippen molar-refractivity contribution in [1.82, 2.24) is 24.5 Å². The van der Waals surface area contributed by atoms with Gasteiger partial charge in [-0.25, -0.2) is 13.1 Å². The molecular weight excluding hydrogens is 318 g/mol. The highest BCUT2D eigenvalue weighted by Gasteiger charge is 2.32. The Morgan fingerprint density at radius 3 is 2.61 bits per heavy atom. The van der Waals surface area contributed by atoms with Gasteiger partial charge in [-0.1, -0.05) is 0 Å². The molecule has 9 heteroatoms. The summed E-state index contributed by atoms with van der Waals surface area (Å²) in [5.74, 6) is 1.36. The maximum atomic E-state index is 12.8. The lowest BCUT2D eigenvalue weighted by Crippen LogP contribution is -2.39. The number of methoxy groups -OCH3 is 1. The average molecular weight is 337 g/mol. The zero-order valence-electron chi connectivity index (χ0n) is 13.1. The SMILES string of the molecule is COc1ccc(S(=O)(=O)N2CCCC(c3nnnn3C)C2)cc1. The molecule has 1 saturated heterocycles. The zero-order chi connectivity index (χ0) is 16.4. The molecule has 124 valence electrons. The van der Waals surface area contributed by atoms with Crippen molar-refractivity contribution in [3.8, 4) is 5.75 Å². The van der Waals surface area contributed by atoms with Gasteiger partial charge >= 0.3 is 0 Å². The number of tetrazole rings is 1. The molecule has 3 rings (SSSR count). The van der Waals surface area contributed by atoms with Crippen LogP contribution >= 0.6 is 0 Å². The van der Waals surface area contributed by atoms with E-state index in [0.29, 0.717) is 18.8 Å². The number of ether oxygens (including phenoxy) is 1. The molecule has 0 spiro atoms.